The first-order valence-electron chi connectivity index (χ1n) is 9.70. The summed E-state index contributed by atoms with van der Waals surface area (Å²) in [5.74, 6) is -0.515. The molecule has 3 rings (SSSR count). The normalized spacial score (nSPS) is 12.1. The number of hydroxylamine groups is 2. The van der Waals surface area contributed by atoms with Crippen molar-refractivity contribution in [3.8, 4) is 28.7 Å². The Bertz CT molecular complexity index is 1030. The minimum atomic E-state index is -1.32. The Balaban J connectivity index is 2.09. The molecule has 1 aliphatic heterocycles. The Hall–Kier alpha value is -3.50. The number of ketones is 1. The summed E-state index contributed by atoms with van der Waals surface area (Å²) < 4.78 is 26.8. The molecule has 10 nitrogen and oxygen atoms in total. The lowest BCUT2D eigenvalue weighted by Gasteiger charge is -2.23. The lowest BCUT2D eigenvalue weighted by molar-refractivity contribution is 0.0687. The summed E-state index contributed by atoms with van der Waals surface area (Å²) in [4.78, 5) is 25.3. The zero-order chi connectivity index (χ0) is 23.4. The monoisotopic (exact) mass is 446 g/mol. The van der Waals surface area contributed by atoms with Crippen LogP contribution in [0.3, 0.4) is 0 Å². The summed E-state index contributed by atoms with van der Waals surface area (Å²) in [5, 5.41) is 22.0. The van der Waals surface area contributed by atoms with Gasteiger partial charge in [-0.1, -0.05) is 0 Å². The number of Topliss-reactive ketones (excluding diaryl/α,β-unsaturated/α-hetero) is 1. The molecule has 0 aliphatic carbocycles. The number of nitrogens with zero attached hydrogens (tertiary/aromatic N) is 1. The van der Waals surface area contributed by atoms with Crippen LogP contribution >= 0.6 is 0 Å². The highest BCUT2D eigenvalue weighted by Gasteiger charge is 2.29. The van der Waals surface area contributed by atoms with E-state index >= 15 is 0 Å². The van der Waals surface area contributed by atoms with Crippen LogP contribution < -0.4 is 23.7 Å². The fraction of sp³-hybridized carbons (Fsp3) is 0.364. The summed E-state index contributed by atoms with van der Waals surface area (Å²) in [5.41, 5.74) is 0.827. The molecule has 32 heavy (non-hydrogen) atoms. The van der Waals surface area contributed by atoms with E-state index in [1.807, 2.05) is 0 Å². The van der Waals surface area contributed by atoms with Gasteiger partial charge in [0, 0.05) is 17.5 Å². The number of rotatable bonds is 10. The van der Waals surface area contributed by atoms with Crippen LogP contribution in [0.2, 0.25) is 0 Å². The number of carbonyl (C=O) groups excluding carboxylic acids is 1. The van der Waals surface area contributed by atoms with Gasteiger partial charge in [0.25, 0.3) is 0 Å². The van der Waals surface area contributed by atoms with Crippen LogP contribution in [0.4, 0.5) is 0 Å². The summed E-state index contributed by atoms with van der Waals surface area (Å²) in [7, 11) is 5.52. The highest BCUT2D eigenvalue weighted by Crippen LogP contribution is 2.46. The van der Waals surface area contributed by atoms with Crippen molar-refractivity contribution in [3.63, 3.8) is 0 Å². The van der Waals surface area contributed by atoms with Crippen LogP contribution in [0.15, 0.2) is 18.2 Å². The lowest BCUT2D eigenvalue weighted by atomic mass is 9.92. The van der Waals surface area contributed by atoms with Crippen molar-refractivity contribution in [2.24, 2.45) is 0 Å². The van der Waals surface area contributed by atoms with Crippen molar-refractivity contribution in [1.82, 2.24) is 5.06 Å². The van der Waals surface area contributed by atoms with Gasteiger partial charge >= 0.3 is 5.97 Å². The van der Waals surface area contributed by atoms with Gasteiger partial charge in [0.15, 0.2) is 28.8 Å². The van der Waals surface area contributed by atoms with E-state index in [1.54, 1.807) is 6.07 Å². The van der Waals surface area contributed by atoms with Crippen molar-refractivity contribution in [2.45, 2.75) is 12.8 Å². The van der Waals surface area contributed by atoms with Gasteiger partial charge in [-0.2, -0.15) is 0 Å². The number of hydrogen-bond donors (Lipinski definition) is 1. The van der Waals surface area contributed by atoms with E-state index in [2.05, 4.69) is 0 Å². The predicted molar refractivity (Wildman–Crippen MR) is 113 cm³/mol. The highest BCUT2D eigenvalue weighted by molar-refractivity contribution is 6.09. The maximum absolute atomic E-state index is 13.3. The second kappa shape index (κ2) is 9.75. The van der Waals surface area contributed by atoms with E-state index in [9.17, 15) is 19.9 Å². The van der Waals surface area contributed by atoms with Crippen LogP contribution in [-0.2, 0) is 12.8 Å². The third kappa shape index (κ3) is 4.41. The quantitative estimate of drug-likeness (QED) is 0.430. The topological polar surface area (TPSA) is 127 Å². The van der Waals surface area contributed by atoms with Gasteiger partial charge in [0.1, 0.15) is 5.56 Å². The number of ether oxygens (including phenoxy) is 5. The second-order valence-corrected chi connectivity index (χ2v) is 7.01. The number of aromatic carboxylic acids is 1. The first kappa shape index (κ1) is 23.2. The SMILES string of the molecule is COc1ccc(C(=O)Cc2c(CCN(C)[O-])cc3c(c2OC)OCO3)c(C(=O)O)c1OC. The van der Waals surface area contributed by atoms with Gasteiger partial charge in [-0.25, -0.2) is 4.79 Å². The molecule has 1 N–H and O–H groups in total. The first-order chi connectivity index (χ1) is 15.3. The summed E-state index contributed by atoms with van der Waals surface area (Å²) in [6, 6.07) is 4.57. The fourth-order valence-electron chi connectivity index (χ4n) is 3.64. The molecular formula is C22H24NO9-. The third-order valence-electron chi connectivity index (χ3n) is 5.11. The number of likely N-dealkylation sites (N-methyl/N-ethyl adjacent to an activating group) is 1. The van der Waals surface area contributed by atoms with Crippen LogP contribution in [0.5, 0.6) is 28.7 Å². The Morgan fingerprint density at radius 2 is 1.84 bits per heavy atom. The number of benzene rings is 2. The zero-order valence-electron chi connectivity index (χ0n) is 18.2. The van der Waals surface area contributed by atoms with E-state index in [1.165, 1.54) is 40.5 Å². The number of fused-ring (bicyclic) bond motifs is 1. The van der Waals surface area contributed by atoms with Gasteiger partial charge in [0.05, 0.1) is 21.3 Å². The van der Waals surface area contributed by atoms with E-state index in [0.29, 0.717) is 34.8 Å². The molecule has 2 aromatic carbocycles. The molecule has 1 heterocycles. The minimum Gasteiger partial charge on any atom is -0.785 e. The first-order valence-corrected chi connectivity index (χ1v) is 9.70. The average molecular weight is 446 g/mol. The molecule has 172 valence electrons. The van der Waals surface area contributed by atoms with Crippen LogP contribution in [0, 0.1) is 5.21 Å². The maximum Gasteiger partial charge on any atom is 0.340 e. The van der Waals surface area contributed by atoms with Crippen LogP contribution in [-0.4, -0.2) is 63.6 Å². The molecule has 1 aliphatic rings. The Morgan fingerprint density at radius 1 is 1.12 bits per heavy atom. The van der Waals surface area contributed by atoms with Crippen LogP contribution in [0.1, 0.15) is 31.8 Å². The maximum atomic E-state index is 13.3. The molecule has 10 heteroatoms. The summed E-state index contributed by atoms with van der Waals surface area (Å²) in [6.07, 6.45) is 0.140. The smallest absolute Gasteiger partial charge is 0.340 e. The van der Waals surface area contributed by atoms with Crippen LogP contribution in [0.25, 0.3) is 0 Å². The molecule has 0 radical (unpaired) electrons. The van der Waals surface area contributed by atoms with E-state index < -0.39 is 11.8 Å². The molecule has 0 bridgehead atoms. The summed E-state index contributed by atoms with van der Waals surface area (Å²) in [6.45, 7) is 0.184. The summed E-state index contributed by atoms with van der Waals surface area (Å²) >= 11 is 0. The van der Waals surface area contributed by atoms with Gasteiger partial charge in [-0.05, 0) is 43.8 Å². The molecule has 0 aromatic heterocycles. The number of carbonyl (C=O) groups is 2. The molecule has 0 atom stereocenters. The van der Waals surface area contributed by atoms with Gasteiger partial charge in [-0.15, -0.1) is 0 Å². The number of hydrogen-bond acceptors (Lipinski definition) is 9. The Kier molecular flexibility index (Phi) is 7.06. The largest absolute Gasteiger partial charge is 0.785 e. The van der Waals surface area contributed by atoms with Crippen molar-refractivity contribution in [2.75, 3.05) is 41.7 Å². The number of methoxy groups -OCH3 is 3. The number of carboxylic acids is 1. The zero-order valence-corrected chi connectivity index (χ0v) is 18.2. The Morgan fingerprint density at radius 3 is 2.44 bits per heavy atom. The van der Waals surface area contributed by atoms with Gasteiger partial charge in [0.2, 0.25) is 12.5 Å². The average Bonchev–Trinajstić information content (AvgIpc) is 3.24. The van der Waals surface area contributed by atoms with E-state index in [0.717, 1.165) is 5.06 Å². The van der Waals surface area contributed by atoms with Crippen molar-refractivity contribution in [3.05, 3.63) is 45.7 Å². The highest BCUT2D eigenvalue weighted by atomic mass is 16.7. The van der Waals surface area contributed by atoms with E-state index in [-0.39, 0.29) is 42.4 Å². The van der Waals surface area contributed by atoms with Crippen molar-refractivity contribution < 1.29 is 38.4 Å². The van der Waals surface area contributed by atoms with Crippen molar-refractivity contribution >= 4 is 11.8 Å². The Labute approximate surface area is 184 Å². The lowest BCUT2D eigenvalue weighted by Crippen LogP contribution is -2.17. The minimum absolute atomic E-state index is 0.00281. The van der Waals surface area contributed by atoms with Crippen molar-refractivity contribution in [1.29, 1.82) is 0 Å². The molecule has 0 saturated heterocycles. The predicted octanol–water partition coefficient (Wildman–Crippen LogP) is 2.54. The molecule has 0 spiro atoms. The third-order valence-corrected chi connectivity index (χ3v) is 5.11. The number of carboxylic acid groups (broad SMARTS) is 1. The van der Waals surface area contributed by atoms with Gasteiger partial charge in [-0.3, -0.25) is 4.79 Å². The van der Waals surface area contributed by atoms with E-state index in [4.69, 9.17) is 23.7 Å². The molecule has 0 fully saturated rings. The standard InChI is InChI=1S/C22H24NO9/c1-23(27)8-7-12-9-17-21(32-11-31-17)19(29-3)14(12)10-15(24)13-5-6-16(28-2)20(30-4)18(13)22(25)26/h5-6,9H,7-8,10-11H2,1-4H3,(H,25,26)/q-1. The second-order valence-electron chi connectivity index (χ2n) is 7.01. The molecule has 0 amide bonds. The fourth-order valence-corrected chi connectivity index (χ4v) is 3.64. The molecular weight excluding hydrogens is 422 g/mol. The molecule has 0 unspecified atom stereocenters. The molecule has 2 aromatic rings. The molecule has 0 saturated carbocycles. The van der Waals surface area contributed by atoms with Gasteiger partial charge < -0.3 is 39.1 Å².